The molecule has 0 radical (unpaired) electrons. The fourth-order valence-corrected chi connectivity index (χ4v) is 4.25. The van der Waals surface area contributed by atoms with Gasteiger partial charge in [-0.1, -0.05) is 84.9 Å². The predicted molar refractivity (Wildman–Crippen MR) is 131 cm³/mol. The Bertz CT molecular complexity index is 1140. The highest BCUT2D eigenvalue weighted by Gasteiger charge is 2.44. The van der Waals surface area contributed by atoms with Gasteiger partial charge in [0.05, 0.1) is 5.70 Å². The molecule has 3 heteroatoms. The molecule has 1 fully saturated rings. The molecule has 0 saturated heterocycles. The van der Waals surface area contributed by atoms with Crippen LogP contribution in [0, 0.1) is 0 Å². The number of aliphatic hydroxyl groups is 1. The Kier molecular flexibility index (Phi) is 6.18. The Morgan fingerprint density at radius 2 is 1.53 bits per heavy atom. The summed E-state index contributed by atoms with van der Waals surface area (Å²) in [6.45, 7) is 8.20. The van der Waals surface area contributed by atoms with Crippen LogP contribution in [-0.4, -0.2) is 5.11 Å². The van der Waals surface area contributed by atoms with E-state index < -0.39 is 6.67 Å². The van der Waals surface area contributed by atoms with Crippen molar-refractivity contribution in [1.82, 2.24) is 5.32 Å². The summed E-state index contributed by atoms with van der Waals surface area (Å²) in [5.74, 6) is 0.214. The quantitative estimate of drug-likeness (QED) is 0.289. The predicted octanol–water partition coefficient (Wildman–Crippen LogP) is 7.47. The number of halogens is 1. The first-order valence-corrected chi connectivity index (χ1v) is 11.1. The molecule has 0 aromatic heterocycles. The van der Waals surface area contributed by atoms with Crippen LogP contribution in [0.1, 0.15) is 48.9 Å². The largest absolute Gasteiger partial charge is 0.506 e. The SMILES string of the molecule is C=C(C)C1(c2ccc(-c3ccc(/C(O)=C(/C)NCc4cccc(CF)c4)cc3)cc2)CC1. The molecule has 0 spiro atoms. The van der Waals surface area contributed by atoms with Crippen molar-refractivity contribution in [2.75, 3.05) is 0 Å². The summed E-state index contributed by atoms with van der Waals surface area (Å²) in [6, 6.07) is 24.1. The molecule has 0 unspecified atom stereocenters. The minimum atomic E-state index is -0.474. The van der Waals surface area contributed by atoms with Gasteiger partial charge in [0.15, 0.2) is 0 Å². The van der Waals surface area contributed by atoms with Crippen molar-refractivity contribution in [3.05, 3.63) is 113 Å². The lowest BCUT2D eigenvalue weighted by Crippen LogP contribution is -2.12. The Morgan fingerprint density at radius 1 is 0.938 bits per heavy atom. The highest BCUT2D eigenvalue weighted by atomic mass is 19.1. The van der Waals surface area contributed by atoms with E-state index in [4.69, 9.17) is 0 Å². The lowest BCUT2D eigenvalue weighted by atomic mass is 9.88. The van der Waals surface area contributed by atoms with Crippen LogP contribution in [0.25, 0.3) is 16.9 Å². The first-order valence-electron chi connectivity index (χ1n) is 11.1. The average molecular weight is 428 g/mol. The third-order valence-electron chi connectivity index (χ3n) is 6.55. The molecule has 32 heavy (non-hydrogen) atoms. The number of hydrogen-bond acceptors (Lipinski definition) is 2. The van der Waals surface area contributed by atoms with Gasteiger partial charge in [0, 0.05) is 17.5 Å². The molecule has 2 N–H and O–H groups in total. The number of rotatable bonds is 8. The van der Waals surface area contributed by atoms with Crippen molar-refractivity contribution in [3.63, 3.8) is 0 Å². The molecule has 0 heterocycles. The molecule has 1 saturated carbocycles. The van der Waals surface area contributed by atoms with Crippen molar-refractivity contribution >= 4 is 5.76 Å². The number of benzene rings is 3. The molecule has 4 rings (SSSR count). The van der Waals surface area contributed by atoms with Crippen LogP contribution in [0.3, 0.4) is 0 Å². The summed E-state index contributed by atoms with van der Waals surface area (Å²) in [4.78, 5) is 0. The lowest BCUT2D eigenvalue weighted by molar-refractivity contribution is 0.484. The van der Waals surface area contributed by atoms with Crippen molar-refractivity contribution in [1.29, 1.82) is 0 Å². The second kappa shape index (κ2) is 9.04. The highest BCUT2D eigenvalue weighted by molar-refractivity contribution is 5.69. The molecular formula is C29H30FNO. The van der Waals surface area contributed by atoms with Crippen LogP contribution in [-0.2, 0) is 18.6 Å². The average Bonchev–Trinajstić information content (AvgIpc) is 3.65. The summed E-state index contributed by atoms with van der Waals surface area (Å²) in [7, 11) is 0. The third-order valence-corrected chi connectivity index (χ3v) is 6.55. The number of hydrogen-bond donors (Lipinski definition) is 2. The van der Waals surface area contributed by atoms with E-state index in [-0.39, 0.29) is 11.2 Å². The van der Waals surface area contributed by atoms with E-state index in [9.17, 15) is 9.50 Å². The van der Waals surface area contributed by atoms with E-state index in [1.165, 1.54) is 24.0 Å². The van der Waals surface area contributed by atoms with Crippen LogP contribution in [0.4, 0.5) is 4.39 Å². The molecule has 2 nitrogen and oxygen atoms in total. The summed E-state index contributed by atoms with van der Waals surface area (Å²) in [5, 5.41) is 13.9. The standard InChI is InChI=1S/C29H30FNO/c1-20(2)29(15-16-29)27-13-11-25(12-14-27)24-7-9-26(10-8-24)28(32)21(3)31-19-23-6-4-5-22(17-23)18-30/h4-14,17,31-32H,1,15-16,18-19H2,2-3H3/b28-21+. The smallest absolute Gasteiger partial charge is 0.141 e. The summed E-state index contributed by atoms with van der Waals surface area (Å²) >= 11 is 0. The van der Waals surface area contributed by atoms with E-state index in [2.05, 4.69) is 43.1 Å². The van der Waals surface area contributed by atoms with Crippen LogP contribution < -0.4 is 5.32 Å². The van der Waals surface area contributed by atoms with Gasteiger partial charge in [0.25, 0.3) is 0 Å². The van der Waals surface area contributed by atoms with E-state index in [0.717, 1.165) is 22.3 Å². The molecular weight excluding hydrogens is 397 g/mol. The molecule has 1 aliphatic carbocycles. The molecule has 0 amide bonds. The number of alkyl halides is 1. The number of nitrogens with one attached hydrogen (secondary N) is 1. The van der Waals surface area contributed by atoms with Gasteiger partial charge in [-0.15, -0.1) is 0 Å². The summed E-state index contributed by atoms with van der Waals surface area (Å²) in [6.07, 6.45) is 2.38. The molecule has 0 bridgehead atoms. The molecule has 164 valence electrons. The van der Waals surface area contributed by atoms with Crippen LogP contribution in [0.15, 0.2) is 90.6 Å². The maximum absolute atomic E-state index is 12.8. The Balaban J connectivity index is 1.44. The zero-order valence-electron chi connectivity index (χ0n) is 18.8. The second-order valence-corrected chi connectivity index (χ2v) is 8.80. The third kappa shape index (κ3) is 4.47. The van der Waals surface area contributed by atoms with E-state index in [1.54, 1.807) is 6.07 Å². The van der Waals surface area contributed by atoms with E-state index in [1.807, 2.05) is 49.4 Å². The van der Waals surface area contributed by atoms with Crippen molar-refractivity contribution in [2.45, 2.75) is 45.3 Å². The van der Waals surface area contributed by atoms with Gasteiger partial charge >= 0.3 is 0 Å². The van der Waals surface area contributed by atoms with Gasteiger partial charge in [0.2, 0.25) is 0 Å². The lowest BCUT2D eigenvalue weighted by Gasteiger charge is -2.16. The molecule has 0 aliphatic heterocycles. The van der Waals surface area contributed by atoms with E-state index >= 15 is 0 Å². The normalized spacial score (nSPS) is 15.1. The van der Waals surface area contributed by atoms with Gasteiger partial charge in [-0.25, -0.2) is 4.39 Å². The fourth-order valence-electron chi connectivity index (χ4n) is 4.25. The summed E-state index contributed by atoms with van der Waals surface area (Å²) in [5.41, 5.74) is 8.13. The van der Waals surface area contributed by atoms with Crippen molar-refractivity contribution in [3.8, 4) is 11.1 Å². The van der Waals surface area contributed by atoms with Crippen molar-refractivity contribution < 1.29 is 9.50 Å². The molecule has 3 aromatic rings. The first-order chi connectivity index (χ1) is 15.4. The minimum absolute atomic E-state index is 0.191. The minimum Gasteiger partial charge on any atom is -0.506 e. The van der Waals surface area contributed by atoms with Gasteiger partial charge < -0.3 is 10.4 Å². The molecule has 3 aromatic carbocycles. The van der Waals surface area contributed by atoms with Crippen LogP contribution >= 0.6 is 0 Å². The monoisotopic (exact) mass is 427 g/mol. The zero-order chi connectivity index (χ0) is 22.7. The number of aliphatic hydroxyl groups excluding tert-OH is 1. The van der Waals surface area contributed by atoms with Crippen LogP contribution in [0.2, 0.25) is 0 Å². The summed E-state index contributed by atoms with van der Waals surface area (Å²) < 4.78 is 12.8. The Labute approximate surface area is 190 Å². The highest BCUT2D eigenvalue weighted by Crippen LogP contribution is 2.53. The van der Waals surface area contributed by atoms with Crippen molar-refractivity contribution in [2.24, 2.45) is 0 Å². The topological polar surface area (TPSA) is 32.3 Å². The second-order valence-electron chi connectivity index (χ2n) is 8.80. The maximum Gasteiger partial charge on any atom is 0.141 e. The van der Waals surface area contributed by atoms with Gasteiger partial charge in [0.1, 0.15) is 12.4 Å². The number of allylic oxidation sites excluding steroid dienone is 2. The van der Waals surface area contributed by atoms with Gasteiger partial charge in [-0.3, -0.25) is 0 Å². The molecule has 1 aliphatic rings. The Morgan fingerprint density at radius 3 is 2.09 bits per heavy atom. The molecule has 0 atom stereocenters. The first kappa shape index (κ1) is 21.9. The van der Waals surface area contributed by atoms with Gasteiger partial charge in [-0.2, -0.15) is 0 Å². The van der Waals surface area contributed by atoms with E-state index in [0.29, 0.717) is 17.8 Å². The fraction of sp³-hybridized carbons (Fsp3) is 0.241. The van der Waals surface area contributed by atoms with Crippen LogP contribution in [0.5, 0.6) is 0 Å². The Hall–Kier alpha value is -3.33. The van der Waals surface area contributed by atoms with Gasteiger partial charge in [-0.05, 0) is 54.5 Å². The zero-order valence-corrected chi connectivity index (χ0v) is 18.8. The maximum atomic E-state index is 12.8.